The van der Waals surface area contributed by atoms with Gasteiger partial charge in [-0.2, -0.15) is 0 Å². The van der Waals surface area contributed by atoms with Crippen LogP contribution >= 0.6 is 0 Å². The molecule has 0 aliphatic heterocycles. The number of Topliss-reactive ketones (excluding diaryl/α,β-unsaturated/α-hetero) is 2. The molecular weight excluding hydrogens is 252 g/mol. The van der Waals surface area contributed by atoms with Crippen molar-refractivity contribution in [2.75, 3.05) is 0 Å². The van der Waals surface area contributed by atoms with Crippen LogP contribution in [0.15, 0.2) is 21.5 Å². The third-order valence-corrected chi connectivity index (χ3v) is 4.13. The lowest BCUT2D eigenvalue weighted by Gasteiger charge is -2.16. The molecule has 1 aromatic carbocycles. The normalized spacial score (nSPS) is 19.7. The first-order valence-corrected chi connectivity index (χ1v) is 6.82. The maximum atomic E-state index is 12.4. The second kappa shape index (κ2) is 4.42. The third-order valence-electron chi connectivity index (χ3n) is 4.13. The highest BCUT2D eigenvalue weighted by Crippen LogP contribution is 2.34. The van der Waals surface area contributed by atoms with Gasteiger partial charge in [0, 0.05) is 28.7 Å². The van der Waals surface area contributed by atoms with E-state index in [-0.39, 0.29) is 28.1 Å². The quantitative estimate of drug-likeness (QED) is 0.532. The monoisotopic (exact) mass is 266 g/mol. The van der Waals surface area contributed by atoms with E-state index in [1.807, 2.05) is 0 Å². The van der Waals surface area contributed by atoms with Crippen LogP contribution in [0.2, 0.25) is 0 Å². The summed E-state index contributed by atoms with van der Waals surface area (Å²) in [6.45, 7) is 3.28. The smallest absolute Gasteiger partial charge is 0.198 e. The fourth-order valence-corrected chi connectivity index (χ4v) is 2.68. The summed E-state index contributed by atoms with van der Waals surface area (Å²) in [5.41, 5.74) is 2.46. The molecule has 0 radical (unpaired) electrons. The molecule has 0 amide bonds. The van der Waals surface area contributed by atoms with Crippen LogP contribution < -0.4 is 5.43 Å². The molecule has 0 spiro atoms. The van der Waals surface area contributed by atoms with E-state index in [0.29, 0.717) is 29.6 Å². The van der Waals surface area contributed by atoms with Gasteiger partial charge in [-0.3, -0.25) is 14.4 Å². The molecule has 0 N–H and O–H groups in total. The van der Waals surface area contributed by atoms with Gasteiger partial charge in [-0.1, -0.05) is 11.8 Å². The highest BCUT2D eigenvalue weighted by atomic mass is 16.1. The molecule has 0 saturated heterocycles. The molecule has 1 aromatic rings. The highest BCUT2D eigenvalue weighted by Gasteiger charge is 2.37. The fraction of sp³-hybridized carbons (Fsp3) is 0.353. The molecule has 3 rings (SSSR count). The van der Waals surface area contributed by atoms with Crippen molar-refractivity contribution < 1.29 is 9.59 Å². The summed E-state index contributed by atoms with van der Waals surface area (Å²) in [6, 6.07) is 0. The topological polar surface area (TPSA) is 51.2 Å². The van der Waals surface area contributed by atoms with Crippen LogP contribution in [0.25, 0.3) is 5.57 Å². The lowest BCUT2D eigenvalue weighted by molar-refractivity contribution is -0.114. The zero-order chi connectivity index (χ0) is 14.4. The van der Waals surface area contributed by atoms with E-state index in [2.05, 4.69) is 11.8 Å². The standard InChI is InChI=1S/C17H14O3/c1-9-10(2)16(19)13-11(15(9)18)7-5-3-4-6-8-12-14(13)17(12)20/h3-4,6,8H2,1-2H3. The van der Waals surface area contributed by atoms with Crippen molar-refractivity contribution in [2.24, 2.45) is 0 Å². The second-order valence-corrected chi connectivity index (χ2v) is 5.35. The summed E-state index contributed by atoms with van der Waals surface area (Å²) in [4.78, 5) is 36.7. The van der Waals surface area contributed by atoms with E-state index in [1.54, 1.807) is 13.8 Å². The van der Waals surface area contributed by atoms with Crippen LogP contribution in [0.1, 0.15) is 44.2 Å². The number of carbonyl (C=O) groups excluding carboxylic acids is 2. The number of fused-ring (bicyclic) bond motifs is 2. The predicted octanol–water partition coefficient (Wildman–Crippen LogP) is 1.89. The molecule has 20 heavy (non-hydrogen) atoms. The van der Waals surface area contributed by atoms with Crippen molar-refractivity contribution in [3.8, 4) is 11.8 Å². The Morgan fingerprint density at radius 3 is 2.40 bits per heavy atom. The molecule has 0 aromatic heterocycles. The highest BCUT2D eigenvalue weighted by molar-refractivity contribution is 6.41. The Labute approximate surface area is 117 Å². The van der Waals surface area contributed by atoms with Gasteiger partial charge in [0.15, 0.2) is 17.0 Å². The Hall–Kier alpha value is -2.21. The van der Waals surface area contributed by atoms with Gasteiger partial charge in [-0.25, -0.2) is 0 Å². The number of ketones is 2. The summed E-state index contributed by atoms with van der Waals surface area (Å²) in [5.74, 6) is 5.37. The zero-order valence-corrected chi connectivity index (χ0v) is 11.6. The molecule has 0 atom stereocenters. The summed E-state index contributed by atoms with van der Waals surface area (Å²) in [6.07, 6.45) is 3.19. The van der Waals surface area contributed by atoms with E-state index in [4.69, 9.17) is 0 Å². The van der Waals surface area contributed by atoms with E-state index in [1.165, 1.54) is 0 Å². The minimum atomic E-state index is -0.217. The largest absolute Gasteiger partial charge is 0.289 e. The molecule has 100 valence electrons. The molecule has 3 nitrogen and oxygen atoms in total. The van der Waals surface area contributed by atoms with Gasteiger partial charge in [-0.05, 0) is 33.1 Å². The predicted molar refractivity (Wildman–Crippen MR) is 75.7 cm³/mol. The van der Waals surface area contributed by atoms with Crippen molar-refractivity contribution in [1.82, 2.24) is 0 Å². The van der Waals surface area contributed by atoms with E-state index >= 15 is 0 Å². The average molecular weight is 266 g/mol. The van der Waals surface area contributed by atoms with Crippen LogP contribution in [-0.2, 0) is 16.0 Å². The van der Waals surface area contributed by atoms with Gasteiger partial charge in [0.25, 0.3) is 0 Å². The molecule has 2 aliphatic carbocycles. The number of rotatable bonds is 0. The summed E-state index contributed by atoms with van der Waals surface area (Å²) in [5, 5.41) is 0. The van der Waals surface area contributed by atoms with E-state index in [9.17, 15) is 14.4 Å². The van der Waals surface area contributed by atoms with Crippen LogP contribution in [0.3, 0.4) is 0 Å². The lowest BCUT2D eigenvalue weighted by Crippen LogP contribution is -2.20. The van der Waals surface area contributed by atoms with Gasteiger partial charge >= 0.3 is 0 Å². The molecule has 2 aliphatic rings. The fourth-order valence-electron chi connectivity index (χ4n) is 2.68. The lowest BCUT2D eigenvalue weighted by atomic mass is 9.84. The first-order chi connectivity index (χ1) is 9.54. The van der Waals surface area contributed by atoms with Crippen molar-refractivity contribution >= 4 is 17.1 Å². The minimum Gasteiger partial charge on any atom is -0.289 e. The van der Waals surface area contributed by atoms with E-state index in [0.717, 1.165) is 18.4 Å². The maximum Gasteiger partial charge on any atom is 0.198 e. The molecule has 0 saturated carbocycles. The first kappa shape index (κ1) is 12.8. The van der Waals surface area contributed by atoms with Crippen molar-refractivity contribution in [1.29, 1.82) is 0 Å². The molecular formula is C17H14O3. The molecule has 0 bridgehead atoms. The zero-order valence-electron chi connectivity index (χ0n) is 11.6. The van der Waals surface area contributed by atoms with Gasteiger partial charge in [0.2, 0.25) is 0 Å². The van der Waals surface area contributed by atoms with Crippen molar-refractivity contribution in [3.05, 3.63) is 38.1 Å². The van der Waals surface area contributed by atoms with Crippen LogP contribution in [0.5, 0.6) is 0 Å². The second-order valence-electron chi connectivity index (χ2n) is 5.35. The Kier molecular flexibility index (Phi) is 2.83. The minimum absolute atomic E-state index is 0.0605. The maximum absolute atomic E-state index is 12.4. The first-order valence-electron chi connectivity index (χ1n) is 6.82. The Bertz CT molecular complexity index is 781. The summed E-state index contributed by atoms with van der Waals surface area (Å²) in [7, 11) is 0. The van der Waals surface area contributed by atoms with E-state index < -0.39 is 0 Å². The van der Waals surface area contributed by atoms with Crippen molar-refractivity contribution in [2.45, 2.75) is 39.5 Å². The average Bonchev–Trinajstić information content (AvgIpc) is 3.08. The van der Waals surface area contributed by atoms with Crippen LogP contribution in [0.4, 0.5) is 0 Å². The van der Waals surface area contributed by atoms with Crippen LogP contribution in [0, 0.1) is 11.8 Å². The molecule has 0 unspecified atom stereocenters. The summed E-state index contributed by atoms with van der Waals surface area (Å²) >= 11 is 0. The van der Waals surface area contributed by atoms with Gasteiger partial charge in [-0.15, -0.1) is 0 Å². The number of hydrogen-bond acceptors (Lipinski definition) is 3. The van der Waals surface area contributed by atoms with Gasteiger partial charge in [0.1, 0.15) is 0 Å². The Balaban J connectivity index is 2.24. The molecule has 0 fully saturated rings. The number of allylic oxidation sites excluding steroid dienone is 4. The van der Waals surface area contributed by atoms with Gasteiger partial charge < -0.3 is 0 Å². The van der Waals surface area contributed by atoms with Crippen molar-refractivity contribution in [3.63, 3.8) is 0 Å². The summed E-state index contributed by atoms with van der Waals surface area (Å²) < 4.78 is 0. The number of carbonyl (C=O) groups is 2. The van der Waals surface area contributed by atoms with Gasteiger partial charge in [0.05, 0.1) is 11.1 Å². The number of hydrogen-bond donors (Lipinski definition) is 0. The molecule has 3 heteroatoms. The Morgan fingerprint density at radius 2 is 1.65 bits per heavy atom. The third kappa shape index (κ3) is 1.72. The van der Waals surface area contributed by atoms with Crippen LogP contribution in [-0.4, -0.2) is 11.6 Å². The Morgan fingerprint density at radius 1 is 0.950 bits per heavy atom. The SMILES string of the molecule is CC1=C(C)C(=O)C2=C(C#CCCCCc3c2c3=O)C1=O. The molecule has 0 heterocycles.